The van der Waals surface area contributed by atoms with Crippen LogP contribution in [-0.2, 0) is 38.4 Å². The molecule has 1 fully saturated rings. The fourth-order valence-electron chi connectivity index (χ4n) is 6.26. The highest BCUT2D eigenvalue weighted by Crippen LogP contribution is 2.30. The first-order valence-corrected chi connectivity index (χ1v) is 21.0. The van der Waals surface area contributed by atoms with Gasteiger partial charge in [0.25, 0.3) is 11.8 Å². The van der Waals surface area contributed by atoms with Crippen LogP contribution in [0, 0.1) is 11.8 Å². The predicted molar refractivity (Wildman–Crippen MR) is 212 cm³/mol. The number of rotatable bonds is 27. The van der Waals surface area contributed by atoms with Crippen molar-refractivity contribution < 1.29 is 54.0 Å². The van der Waals surface area contributed by atoms with Crippen LogP contribution in [0.4, 0.5) is 0 Å². The molecule has 58 heavy (non-hydrogen) atoms. The van der Waals surface area contributed by atoms with Crippen molar-refractivity contribution in [2.75, 3.05) is 45.8 Å². The van der Waals surface area contributed by atoms with Gasteiger partial charge in [0, 0.05) is 96.5 Å². The lowest BCUT2D eigenvalue weighted by molar-refractivity contribution is -0.166. The number of hydrogen-bond donors (Lipinski definition) is 6. The Morgan fingerprint density at radius 1 is 0.603 bits per heavy atom. The van der Waals surface area contributed by atoms with Gasteiger partial charge >= 0.3 is 0 Å². The van der Waals surface area contributed by atoms with Gasteiger partial charge in [0.2, 0.25) is 35.4 Å². The van der Waals surface area contributed by atoms with Gasteiger partial charge in [0.15, 0.2) is 0 Å². The first-order chi connectivity index (χ1) is 27.7. The van der Waals surface area contributed by atoms with Crippen LogP contribution in [0.5, 0.6) is 0 Å². The number of carbonyl (C=O) groups is 8. The molecule has 1 heterocycles. The fraction of sp³-hybridized carbons (Fsp3) is 0.750. The van der Waals surface area contributed by atoms with Gasteiger partial charge in [-0.2, -0.15) is 0 Å². The molecule has 0 aromatic heterocycles. The van der Waals surface area contributed by atoms with Crippen LogP contribution in [0.3, 0.4) is 0 Å². The lowest BCUT2D eigenvalue weighted by Crippen LogP contribution is -2.38. The van der Waals surface area contributed by atoms with Crippen LogP contribution in [0.1, 0.15) is 136 Å². The number of hydroxylamine groups is 6. The van der Waals surface area contributed by atoms with Gasteiger partial charge in [-0.3, -0.25) is 58.9 Å². The standard InChI is InChI=1S/C37H61N7O11.C3H8/c1-28(45)42(53)24-8-2-5-21-38-31(46)15-17-35(50)43(54)25-9-3-6-22-39-32(47)16-18-36(51)44(55)26-10-4-7-23-40-37(52)30-13-11-29(12-14-30)27-41-33(48)19-20-34(41)49;1-3-2/h19-20,29-30,53-55H,2-18,21-27H2,1H3,(H,38,46)(H,39,47)(H,40,52);3H2,1-2H3. The van der Waals surface area contributed by atoms with Crippen LogP contribution in [0.2, 0.25) is 0 Å². The highest BCUT2D eigenvalue weighted by Gasteiger charge is 2.31. The molecule has 0 unspecified atom stereocenters. The Morgan fingerprint density at radius 2 is 1.00 bits per heavy atom. The van der Waals surface area contributed by atoms with Crippen LogP contribution >= 0.6 is 0 Å². The average molecular weight is 824 g/mol. The summed E-state index contributed by atoms with van der Waals surface area (Å²) in [7, 11) is 0. The Hall–Kier alpha value is -4.42. The van der Waals surface area contributed by atoms with E-state index in [4.69, 9.17) is 0 Å². The molecule has 1 aliphatic carbocycles. The maximum absolute atomic E-state index is 12.6. The van der Waals surface area contributed by atoms with Crippen LogP contribution in [0.25, 0.3) is 0 Å². The quantitative estimate of drug-likeness (QED) is 0.0304. The lowest BCUT2D eigenvalue weighted by Gasteiger charge is -2.30. The molecule has 0 spiro atoms. The minimum atomic E-state index is -0.568. The summed E-state index contributed by atoms with van der Waals surface area (Å²) in [5, 5.41) is 39.5. The summed E-state index contributed by atoms with van der Waals surface area (Å²) in [6.07, 6.45) is 11.9. The number of nitrogens with one attached hydrogen (secondary N) is 3. The minimum absolute atomic E-state index is 0.00417. The number of amides is 8. The summed E-state index contributed by atoms with van der Waals surface area (Å²) in [5.41, 5.74) is 0. The summed E-state index contributed by atoms with van der Waals surface area (Å²) in [5.74, 6) is -2.65. The molecule has 1 saturated carbocycles. The maximum Gasteiger partial charge on any atom is 0.253 e. The highest BCUT2D eigenvalue weighted by molar-refractivity contribution is 6.12. The first-order valence-electron chi connectivity index (χ1n) is 21.0. The summed E-state index contributed by atoms with van der Waals surface area (Å²) in [4.78, 5) is 96.7. The normalized spacial score (nSPS) is 15.9. The summed E-state index contributed by atoms with van der Waals surface area (Å²) < 4.78 is 0. The van der Waals surface area contributed by atoms with E-state index in [0.717, 1.165) is 12.8 Å². The Morgan fingerprint density at radius 3 is 1.41 bits per heavy atom. The van der Waals surface area contributed by atoms with Crippen molar-refractivity contribution in [3.8, 4) is 0 Å². The van der Waals surface area contributed by atoms with Crippen molar-refractivity contribution in [2.45, 2.75) is 136 Å². The zero-order chi connectivity index (χ0) is 43.3. The second-order valence-corrected chi connectivity index (χ2v) is 14.9. The van der Waals surface area contributed by atoms with Crippen LogP contribution < -0.4 is 16.0 Å². The summed E-state index contributed by atoms with van der Waals surface area (Å²) in [6, 6.07) is 0. The zero-order valence-corrected chi connectivity index (χ0v) is 34.9. The van der Waals surface area contributed by atoms with E-state index < -0.39 is 17.7 Å². The molecule has 18 heteroatoms. The molecule has 6 N–H and O–H groups in total. The molecule has 0 saturated heterocycles. The third-order valence-electron chi connectivity index (χ3n) is 9.71. The zero-order valence-electron chi connectivity index (χ0n) is 34.9. The van der Waals surface area contributed by atoms with Gasteiger partial charge in [-0.05, 0) is 89.4 Å². The van der Waals surface area contributed by atoms with Crippen molar-refractivity contribution in [2.24, 2.45) is 11.8 Å². The smallest absolute Gasteiger partial charge is 0.253 e. The van der Waals surface area contributed by atoms with E-state index in [2.05, 4.69) is 29.8 Å². The van der Waals surface area contributed by atoms with Gasteiger partial charge < -0.3 is 16.0 Å². The van der Waals surface area contributed by atoms with Crippen molar-refractivity contribution in [3.05, 3.63) is 12.2 Å². The van der Waals surface area contributed by atoms with Crippen molar-refractivity contribution in [1.29, 1.82) is 0 Å². The van der Waals surface area contributed by atoms with Crippen molar-refractivity contribution in [3.63, 3.8) is 0 Å². The molecule has 2 rings (SSSR count). The SMILES string of the molecule is CC(=O)N(O)CCCCCNC(=O)CCC(=O)N(O)CCCCCNC(=O)CCC(=O)N(O)CCCCCNC(=O)C1CCC(CN2C(=O)C=CC2=O)CC1.CCC. The van der Waals surface area contributed by atoms with E-state index >= 15 is 0 Å². The molecule has 8 amide bonds. The fourth-order valence-corrected chi connectivity index (χ4v) is 6.26. The Balaban J connectivity index is 0.00000542. The van der Waals surface area contributed by atoms with E-state index in [1.807, 2.05) is 0 Å². The average Bonchev–Trinajstić information content (AvgIpc) is 3.51. The van der Waals surface area contributed by atoms with Crippen LogP contribution in [-0.4, -0.2) is 129 Å². The number of carbonyl (C=O) groups excluding carboxylic acids is 8. The number of hydrogen-bond acceptors (Lipinski definition) is 11. The topological polar surface area (TPSA) is 246 Å². The van der Waals surface area contributed by atoms with Gasteiger partial charge in [-0.1, -0.05) is 20.3 Å². The monoisotopic (exact) mass is 824 g/mol. The molecule has 0 atom stereocenters. The Kier molecular flexibility index (Phi) is 27.2. The molecule has 1 aliphatic heterocycles. The van der Waals surface area contributed by atoms with Gasteiger partial charge in [-0.25, -0.2) is 15.2 Å². The molecule has 0 aromatic rings. The number of nitrogens with zero attached hydrogens (tertiary/aromatic N) is 4. The second-order valence-electron chi connectivity index (χ2n) is 14.9. The summed E-state index contributed by atoms with van der Waals surface area (Å²) >= 11 is 0. The second kappa shape index (κ2) is 30.6. The largest absolute Gasteiger partial charge is 0.356 e. The maximum atomic E-state index is 12.6. The third kappa shape index (κ3) is 23.1. The summed E-state index contributed by atoms with van der Waals surface area (Å²) in [6.45, 7) is 7.57. The minimum Gasteiger partial charge on any atom is -0.356 e. The lowest BCUT2D eigenvalue weighted by atomic mass is 9.81. The van der Waals surface area contributed by atoms with E-state index in [9.17, 15) is 54.0 Å². The van der Waals surface area contributed by atoms with E-state index in [1.54, 1.807) is 0 Å². The van der Waals surface area contributed by atoms with Crippen molar-refractivity contribution in [1.82, 2.24) is 36.0 Å². The molecule has 0 radical (unpaired) electrons. The molecule has 0 bridgehead atoms. The molecule has 0 aromatic carbocycles. The van der Waals surface area contributed by atoms with E-state index in [0.29, 0.717) is 112 Å². The first kappa shape index (κ1) is 51.6. The van der Waals surface area contributed by atoms with Crippen molar-refractivity contribution >= 4 is 47.3 Å². The number of unbranched alkanes of at least 4 members (excludes halogenated alkanes) is 6. The van der Waals surface area contributed by atoms with Gasteiger partial charge in [0.05, 0.1) is 0 Å². The van der Waals surface area contributed by atoms with Gasteiger partial charge in [-0.15, -0.1) is 0 Å². The molecule has 18 nitrogen and oxygen atoms in total. The Labute approximate surface area is 343 Å². The molecular weight excluding hydrogens is 754 g/mol. The predicted octanol–water partition coefficient (Wildman–Crippen LogP) is 3.23. The van der Waals surface area contributed by atoms with Crippen LogP contribution in [0.15, 0.2) is 12.2 Å². The number of imide groups is 1. The Bertz CT molecular complexity index is 1320. The van der Waals surface area contributed by atoms with Gasteiger partial charge in [0.1, 0.15) is 0 Å². The molecule has 2 aliphatic rings. The van der Waals surface area contributed by atoms with E-state index in [1.165, 1.54) is 30.4 Å². The van der Waals surface area contributed by atoms with E-state index in [-0.39, 0.29) is 86.7 Å². The molecular formula is C40H69N7O11. The highest BCUT2D eigenvalue weighted by atomic mass is 16.5. The molecule has 330 valence electrons. The third-order valence-corrected chi connectivity index (χ3v) is 9.71.